The van der Waals surface area contributed by atoms with Gasteiger partial charge in [0.15, 0.2) is 0 Å². The fourth-order valence-corrected chi connectivity index (χ4v) is 2.50. The van der Waals surface area contributed by atoms with E-state index in [1.54, 1.807) is 23.3 Å². The van der Waals surface area contributed by atoms with Crippen molar-refractivity contribution < 1.29 is 26.4 Å². The van der Waals surface area contributed by atoms with Gasteiger partial charge in [-0.3, -0.25) is 5.43 Å². The Hall–Kier alpha value is -2.55. The van der Waals surface area contributed by atoms with Crippen LogP contribution in [0.15, 0.2) is 33.5 Å². The van der Waals surface area contributed by atoms with Crippen LogP contribution in [0.3, 0.4) is 0 Å². The minimum absolute atomic E-state index is 0.0984. The highest BCUT2D eigenvalue weighted by Crippen LogP contribution is 2.13. The van der Waals surface area contributed by atoms with Crippen LogP contribution in [0.4, 0.5) is 9.59 Å². The van der Waals surface area contributed by atoms with Gasteiger partial charge in [0.05, 0.1) is 4.90 Å². The summed E-state index contributed by atoms with van der Waals surface area (Å²) < 4.78 is 47.6. The molecule has 0 aliphatic rings. The molecule has 1 aromatic rings. The molecule has 1 rings (SSSR count). The molecule has 0 saturated carbocycles. The number of aryl methyl sites for hydroxylation is 1. The first kappa shape index (κ1) is 18.5. The smallest absolute Gasteiger partial charge is 0.350 e. The zero-order valence-corrected chi connectivity index (χ0v) is 13.2. The maximum Gasteiger partial charge on any atom is 0.371 e. The number of hydrogen-bond donors (Lipinski definition) is 4. The molecule has 0 atom stereocenters. The van der Waals surface area contributed by atoms with Gasteiger partial charge < -0.3 is 5.73 Å². The summed E-state index contributed by atoms with van der Waals surface area (Å²) in [5.74, 6) is 0. The summed E-state index contributed by atoms with van der Waals surface area (Å²) >= 11 is 0. The van der Waals surface area contributed by atoms with Crippen LogP contribution in [0.1, 0.15) is 5.56 Å². The standard InChI is InChI=1S/C9H12N6O6S2/c1-6-2-4-7(5-3-6)23(20,21)15(12-8(10)16)14-11-9(17)13-22(18)19/h2-5,14H,1H3,(H,11,17)(H3,10,12,16). The molecule has 12 nitrogen and oxygen atoms in total. The molecule has 23 heavy (non-hydrogen) atoms. The van der Waals surface area contributed by atoms with Crippen LogP contribution >= 0.6 is 0 Å². The van der Waals surface area contributed by atoms with Crippen molar-refractivity contribution in [3.05, 3.63) is 29.8 Å². The quantitative estimate of drug-likeness (QED) is 0.471. The van der Waals surface area contributed by atoms with E-state index in [0.29, 0.717) is 0 Å². The zero-order valence-electron chi connectivity index (χ0n) is 11.5. The molecule has 0 aromatic heterocycles. The number of hydrogen-bond acceptors (Lipinski definition) is 7. The fourth-order valence-electron chi connectivity index (χ4n) is 1.25. The van der Waals surface area contributed by atoms with E-state index in [4.69, 9.17) is 5.73 Å². The average molecular weight is 364 g/mol. The second-order valence-corrected chi connectivity index (χ2v) is 6.31. The maximum atomic E-state index is 12.3. The zero-order chi connectivity index (χ0) is 17.6. The highest BCUT2D eigenvalue weighted by molar-refractivity contribution is 7.89. The summed E-state index contributed by atoms with van der Waals surface area (Å²) in [5, 5.41) is 0. The molecule has 0 aliphatic heterocycles. The van der Waals surface area contributed by atoms with E-state index in [1.807, 2.05) is 0 Å². The third-order valence-corrected chi connectivity index (χ3v) is 4.04. The Morgan fingerprint density at radius 3 is 2.26 bits per heavy atom. The van der Waals surface area contributed by atoms with Gasteiger partial charge >= 0.3 is 22.6 Å². The number of urea groups is 2. The lowest BCUT2D eigenvalue weighted by atomic mass is 10.2. The topological polar surface area (TPSA) is 180 Å². The molecule has 0 unspecified atom stereocenters. The van der Waals surface area contributed by atoms with Gasteiger partial charge in [0.2, 0.25) is 0 Å². The van der Waals surface area contributed by atoms with E-state index in [2.05, 4.69) is 4.36 Å². The number of hydrazine groups is 3. The first-order chi connectivity index (χ1) is 10.6. The Balaban J connectivity index is 3.05. The van der Waals surface area contributed by atoms with E-state index >= 15 is 0 Å². The third kappa shape index (κ3) is 5.62. The second kappa shape index (κ2) is 7.63. The molecule has 0 spiro atoms. The summed E-state index contributed by atoms with van der Waals surface area (Å²) in [6, 6.07) is 2.83. The van der Waals surface area contributed by atoms with Crippen molar-refractivity contribution in [2.75, 3.05) is 0 Å². The molecule has 0 saturated heterocycles. The Bertz CT molecular complexity index is 824. The SMILES string of the molecule is Cc1ccc(S(=O)(=O)N(NNC(=O)N=S(=O)=O)NC(N)=O)cc1. The fraction of sp³-hybridized carbons (Fsp3) is 0.111. The predicted molar refractivity (Wildman–Crippen MR) is 75.9 cm³/mol. The lowest BCUT2D eigenvalue weighted by Gasteiger charge is -2.21. The first-order valence-corrected chi connectivity index (χ1v) is 8.15. The van der Waals surface area contributed by atoms with Gasteiger partial charge in [0, 0.05) is 0 Å². The van der Waals surface area contributed by atoms with Gasteiger partial charge in [0.1, 0.15) is 0 Å². The minimum atomic E-state index is -4.34. The molecule has 5 N–H and O–H groups in total. The molecule has 0 radical (unpaired) electrons. The average Bonchev–Trinajstić information content (AvgIpc) is 2.42. The molecule has 0 aliphatic carbocycles. The number of carbonyl (C=O) groups excluding carboxylic acids is 2. The Morgan fingerprint density at radius 2 is 1.78 bits per heavy atom. The summed E-state index contributed by atoms with van der Waals surface area (Å²) in [6.07, 6.45) is 0. The minimum Gasteiger partial charge on any atom is -0.350 e. The number of carbonyl (C=O) groups is 2. The highest BCUT2D eigenvalue weighted by Gasteiger charge is 2.26. The summed E-state index contributed by atoms with van der Waals surface area (Å²) in [4.78, 5) is 21.7. The van der Waals surface area contributed by atoms with Crippen LogP contribution in [-0.4, -0.2) is 33.4 Å². The normalized spacial score (nSPS) is 10.9. The van der Waals surface area contributed by atoms with E-state index in [-0.39, 0.29) is 9.42 Å². The largest absolute Gasteiger partial charge is 0.371 e. The van der Waals surface area contributed by atoms with Crippen molar-refractivity contribution in [2.24, 2.45) is 10.1 Å². The number of benzene rings is 1. The van der Waals surface area contributed by atoms with Crippen LogP contribution in [0.25, 0.3) is 0 Å². The molecule has 4 amide bonds. The molecule has 0 fully saturated rings. The number of primary amides is 1. The van der Waals surface area contributed by atoms with Crippen molar-refractivity contribution >= 4 is 32.6 Å². The van der Waals surface area contributed by atoms with E-state index in [0.717, 1.165) is 5.56 Å². The number of rotatable bonds is 5. The third-order valence-electron chi connectivity index (χ3n) is 2.19. The molecular weight excluding hydrogens is 352 g/mol. The molecule has 14 heteroatoms. The predicted octanol–water partition coefficient (Wildman–Crippen LogP) is -1.24. The lowest BCUT2D eigenvalue weighted by Crippen LogP contribution is -2.60. The van der Waals surface area contributed by atoms with Crippen LogP contribution in [-0.2, 0) is 20.5 Å². The summed E-state index contributed by atoms with van der Waals surface area (Å²) in [6.45, 7) is 1.73. The van der Waals surface area contributed by atoms with E-state index in [1.165, 1.54) is 24.3 Å². The Labute approximate surface area is 132 Å². The first-order valence-electron chi connectivity index (χ1n) is 5.68. The van der Waals surface area contributed by atoms with Crippen molar-refractivity contribution in [1.82, 2.24) is 20.9 Å². The molecule has 0 bridgehead atoms. The van der Waals surface area contributed by atoms with E-state index in [9.17, 15) is 26.4 Å². The summed E-state index contributed by atoms with van der Waals surface area (Å²) in [5.41, 5.74) is 10.8. The molecule has 1 aromatic carbocycles. The Kier molecular flexibility index (Phi) is 6.14. The summed E-state index contributed by atoms with van der Waals surface area (Å²) in [7, 11) is -7.38. The van der Waals surface area contributed by atoms with Crippen LogP contribution in [0, 0.1) is 6.92 Å². The van der Waals surface area contributed by atoms with Gasteiger partial charge in [0.25, 0.3) is 10.0 Å². The molecule has 126 valence electrons. The van der Waals surface area contributed by atoms with Crippen molar-refractivity contribution in [2.45, 2.75) is 11.8 Å². The number of nitrogens with two attached hydrogens (primary N) is 1. The number of nitrogens with zero attached hydrogens (tertiary/aromatic N) is 2. The van der Waals surface area contributed by atoms with E-state index < -0.39 is 32.6 Å². The van der Waals surface area contributed by atoms with Gasteiger partial charge in [-0.2, -0.15) is 8.42 Å². The second-order valence-electron chi connectivity index (χ2n) is 3.91. The lowest BCUT2D eigenvalue weighted by molar-refractivity contribution is 0.186. The van der Waals surface area contributed by atoms with Gasteiger partial charge in [-0.05, 0) is 23.6 Å². The Morgan fingerprint density at radius 1 is 1.22 bits per heavy atom. The molecule has 0 heterocycles. The van der Waals surface area contributed by atoms with Crippen LogP contribution < -0.4 is 22.1 Å². The van der Waals surface area contributed by atoms with Gasteiger partial charge in [-0.1, -0.05) is 22.1 Å². The molecular formula is C9H12N6O6S2. The van der Waals surface area contributed by atoms with Crippen molar-refractivity contribution in [1.29, 1.82) is 0 Å². The van der Waals surface area contributed by atoms with Crippen LogP contribution in [0.5, 0.6) is 0 Å². The van der Waals surface area contributed by atoms with Crippen molar-refractivity contribution in [3.8, 4) is 0 Å². The number of amides is 4. The van der Waals surface area contributed by atoms with Crippen LogP contribution in [0.2, 0.25) is 0 Å². The maximum absolute atomic E-state index is 12.3. The van der Waals surface area contributed by atoms with Crippen molar-refractivity contribution in [3.63, 3.8) is 0 Å². The van der Waals surface area contributed by atoms with Gasteiger partial charge in [-0.25, -0.2) is 23.4 Å². The number of nitrogens with one attached hydrogen (secondary N) is 3. The highest BCUT2D eigenvalue weighted by atomic mass is 32.2. The number of sulfonamides is 1. The monoisotopic (exact) mass is 364 g/mol. The van der Waals surface area contributed by atoms with Gasteiger partial charge in [-0.15, -0.1) is 5.53 Å².